The first kappa shape index (κ1) is 10.1. The van der Waals surface area contributed by atoms with Crippen LogP contribution in [0.3, 0.4) is 0 Å². The third-order valence-corrected chi connectivity index (χ3v) is 2.61. The number of hydrogen-bond acceptors (Lipinski definition) is 3. The first-order valence-electron chi connectivity index (χ1n) is 4.03. The van der Waals surface area contributed by atoms with Crippen molar-refractivity contribution in [3.05, 3.63) is 46.0 Å². The second-order valence-electron chi connectivity index (χ2n) is 2.77. The van der Waals surface area contributed by atoms with Crippen molar-refractivity contribution in [1.82, 2.24) is 15.2 Å². The molecule has 0 aromatic carbocycles. The van der Waals surface area contributed by atoms with Gasteiger partial charge in [0.25, 0.3) is 0 Å². The smallest absolute Gasteiger partial charge is 0.216 e. The number of nitrogens with one attached hydrogen (secondary N) is 1. The average molecular weight is 242 g/mol. The molecule has 0 fully saturated rings. The molecule has 0 saturated carbocycles. The first-order chi connectivity index (χ1) is 7.20. The second kappa shape index (κ2) is 4.00. The van der Waals surface area contributed by atoms with Gasteiger partial charge in [-0.25, -0.2) is 0 Å². The van der Waals surface area contributed by atoms with Crippen LogP contribution in [-0.2, 0) is 0 Å². The van der Waals surface area contributed by atoms with Gasteiger partial charge in [-0.15, -0.1) is 0 Å². The predicted molar refractivity (Wildman–Crippen MR) is 56.3 cm³/mol. The minimum absolute atomic E-state index is 0.130. The van der Waals surface area contributed by atoms with E-state index in [4.69, 9.17) is 23.2 Å². The summed E-state index contributed by atoms with van der Waals surface area (Å²) < 4.78 is 0. The molecule has 0 aliphatic heterocycles. The van der Waals surface area contributed by atoms with E-state index in [1.54, 1.807) is 0 Å². The van der Waals surface area contributed by atoms with Crippen molar-refractivity contribution in [2.45, 2.75) is 0 Å². The minimum Gasteiger partial charge on any atom is -0.287 e. The predicted octanol–water partition coefficient (Wildman–Crippen LogP) is 2.34. The minimum atomic E-state index is -0.309. The summed E-state index contributed by atoms with van der Waals surface area (Å²) >= 11 is 11.6. The van der Waals surface area contributed by atoms with Crippen LogP contribution >= 0.6 is 23.2 Å². The maximum atomic E-state index is 11.8. The van der Waals surface area contributed by atoms with Gasteiger partial charge in [-0.3, -0.25) is 14.9 Å². The topological polar surface area (TPSA) is 58.6 Å². The van der Waals surface area contributed by atoms with Gasteiger partial charge in [0.1, 0.15) is 5.69 Å². The number of carbonyl (C=O) groups is 1. The Balaban J connectivity index is 2.47. The number of aromatic amines is 1. The quantitative estimate of drug-likeness (QED) is 0.822. The van der Waals surface area contributed by atoms with Gasteiger partial charge < -0.3 is 0 Å². The fraction of sp³-hybridized carbons (Fsp3) is 0. The van der Waals surface area contributed by atoms with Gasteiger partial charge in [-0.1, -0.05) is 23.2 Å². The molecule has 0 amide bonds. The molecule has 4 nitrogen and oxygen atoms in total. The number of ketones is 1. The number of rotatable bonds is 2. The van der Waals surface area contributed by atoms with Gasteiger partial charge in [-0.2, -0.15) is 5.10 Å². The molecule has 15 heavy (non-hydrogen) atoms. The van der Waals surface area contributed by atoms with E-state index in [9.17, 15) is 4.79 Å². The number of hydrogen-bond donors (Lipinski definition) is 1. The SMILES string of the molecule is O=C(c1cn[nH]c1)c1nccc(Cl)c1Cl. The van der Waals surface area contributed by atoms with Gasteiger partial charge in [0.15, 0.2) is 0 Å². The van der Waals surface area contributed by atoms with Gasteiger partial charge >= 0.3 is 0 Å². The molecule has 6 heteroatoms. The van der Waals surface area contributed by atoms with Gasteiger partial charge in [0.05, 0.1) is 21.8 Å². The fourth-order valence-electron chi connectivity index (χ4n) is 1.09. The maximum absolute atomic E-state index is 11.8. The van der Waals surface area contributed by atoms with Crippen LogP contribution in [-0.4, -0.2) is 21.0 Å². The number of pyridine rings is 1. The lowest BCUT2D eigenvalue weighted by atomic mass is 10.1. The average Bonchev–Trinajstić information content (AvgIpc) is 2.74. The zero-order valence-electron chi connectivity index (χ0n) is 7.37. The molecule has 0 bridgehead atoms. The molecule has 0 radical (unpaired) electrons. The summed E-state index contributed by atoms with van der Waals surface area (Å²) in [6.07, 6.45) is 4.31. The van der Waals surface area contributed by atoms with E-state index < -0.39 is 0 Å². The summed E-state index contributed by atoms with van der Waals surface area (Å²) in [7, 11) is 0. The molecular weight excluding hydrogens is 237 g/mol. The highest BCUT2D eigenvalue weighted by atomic mass is 35.5. The number of nitrogens with zero attached hydrogens (tertiary/aromatic N) is 2. The van der Waals surface area contributed by atoms with Crippen molar-refractivity contribution < 1.29 is 4.79 Å². The standard InChI is InChI=1S/C9H5Cl2N3O/c10-6-1-2-12-8(7(6)11)9(15)5-3-13-14-4-5/h1-4H,(H,13,14). The lowest BCUT2D eigenvalue weighted by molar-refractivity contribution is 0.103. The molecular formula is C9H5Cl2N3O. The first-order valence-corrected chi connectivity index (χ1v) is 4.79. The molecule has 2 rings (SSSR count). The van der Waals surface area contributed by atoms with Crippen molar-refractivity contribution in [2.24, 2.45) is 0 Å². The second-order valence-corrected chi connectivity index (χ2v) is 3.56. The fourth-order valence-corrected chi connectivity index (χ4v) is 1.43. The molecule has 1 N–H and O–H groups in total. The Hall–Kier alpha value is -1.39. The van der Waals surface area contributed by atoms with Crippen molar-refractivity contribution in [3.8, 4) is 0 Å². The Kier molecular flexibility index (Phi) is 2.70. The van der Waals surface area contributed by atoms with E-state index >= 15 is 0 Å². The number of aromatic nitrogens is 3. The van der Waals surface area contributed by atoms with Crippen molar-refractivity contribution in [1.29, 1.82) is 0 Å². The van der Waals surface area contributed by atoms with E-state index in [2.05, 4.69) is 15.2 Å². The molecule has 2 aromatic rings. The summed E-state index contributed by atoms with van der Waals surface area (Å²) in [5.74, 6) is -0.309. The Morgan fingerprint density at radius 3 is 2.87 bits per heavy atom. The largest absolute Gasteiger partial charge is 0.287 e. The number of carbonyl (C=O) groups excluding carboxylic acids is 1. The normalized spacial score (nSPS) is 10.3. The molecule has 0 spiro atoms. The van der Waals surface area contributed by atoms with Gasteiger partial charge in [-0.05, 0) is 6.07 Å². The van der Waals surface area contributed by atoms with Crippen LogP contribution in [0, 0.1) is 0 Å². The Labute approximate surface area is 95.2 Å². The van der Waals surface area contributed by atoms with E-state index in [1.165, 1.54) is 24.7 Å². The number of H-pyrrole nitrogens is 1. The zero-order chi connectivity index (χ0) is 10.8. The Bertz CT molecular complexity index is 496. The van der Waals surface area contributed by atoms with Crippen LogP contribution in [0.15, 0.2) is 24.7 Å². The number of halogens is 2. The summed E-state index contributed by atoms with van der Waals surface area (Å²) in [6.45, 7) is 0. The molecule has 0 saturated heterocycles. The lowest BCUT2D eigenvalue weighted by Crippen LogP contribution is -2.03. The van der Waals surface area contributed by atoms with E-state index in [0.717, 1.165) is 0 Å². The lowest BCUT2D eigenvalue weighted by Gasteiger charge is -2.01. The van der Waals surface area contributed by atoms with Crippen molar-refractivity contribution in [2.75, 3.05) is 0 Å². The third kappa shape index (κ3) is 1.86. The molecule has 0 aliphatic rings. The summed E-state index contributed by atoms with van der Waals surface area (Å²) in [5.41, 5.74) is 0.525. The highest BCUT2D eigenvalue weighted by Gasteiger charge is 2.16. The van der Waals surface area contributed by atoms with E-state index in [0.29, 0.717) is 10.6 Å². The summed E-state index contributed by atoms with van der Waals surface area (Å²) in [6, 6.07) is 1.52. The maximum Gasteiger partial charge on any atom is 0.216 e. The molecule has 0 atom stereocenters. The Morgan fingerprint density at radius 2 is 2.20 bits per heavy atom. The van der Waals surface area contributed by atoms with Crippen LogP contribution in [0.2, 0.25) is 10.0 Å². The van der Waals surface area contributed by atoms with Crippen LogP contribution in [0.25, 0.3) is 0 Å². The Morgan fingerprint density at radius 1 is 1.40 bits per heavy atom. The van der Waals surface area contributed by atoms with Crippen LogP contribution in [0.4, 0.5) is 0 Å². The summed E-state index contributed by atoms with van der Waals surface area (Å²) in [4.78, 5) is 15.7. The van der Waals surface area contributed by atoms with Crippen LogP contribution in [0.1, 0.15) is 16.1 Å². The van der Waals surface area contributed by atoms with E-state index in [-0.39, 0.29) is 16.5 Å². The van der Waals surface area contributed by atoms with Crippen molar-refractivity contribution >= 4 is 29.0 Å². The third-order valence-electron chi connectivity index (χ3n) is 1.82. The van der Waals surface area contributed by atoms with Crippen LogP contribution < -0.4 is 0 Å². The molecule has 2 heterocycles. The molecule has 76 valence electrons. The highest BCUT2D eigenvalue weighted by Crippen LogP contribution is 2.25. The van der Waals surface area contributed by atoms with Crippen LogP contribution in [0.5, 0.6) is 0 Å². The summed E-state index contributed by atoms with van der Waals surface area (Å²) in [5, 5.41) is 6.67. The highest BCUT2D eigenvalue weighted by molar-refractivity contribution is 6.44. The van der Waals surface area contributed by atoms with Crippen molar-refractivity contribution in [3.63, 3.8) is 0 Å². The van der Waals surface area contributed by atoms with E-state index in [1.807, 2.05) is 0 Å². The molecule has 2 aromatic heterocycles. The van der Waals surface area contributed by atoms with Gasteiger partial charge in [0, 0.05) is 12.4 Å². The zero-order valence-corrected chi connectivity index (χ0v) is 8.88. The molecule has 0 unspecified atom stereocenters. The van der Waals surface area contributed by atoms with Gasteiger partial charge in [0.2, 0.25) is 5.78 Å². The molecule has 0 aliphatic carbocycles. The monoisotopic (exact) mass is 241 g/mol.